The van der Waals surface area contributed by atoms with Crippen LogP contribution in [-0.4, -0.2) is 40.9 Å². The van der Waals surface area contributed by atoms with Gasteiger partial charge in [0.25, 0.3) is 0 Å². The monoisotopic (exact) mass is 413 g/mol. The van der Waals surface area contributed by atoms with Crippen molar-refractivity contribution in [3.63, 3.8) is 0 Å². The number of aryl methyl sites for hydroxylation is 1. The molecule has 1 heterocycles. The maximum Gasteiger partial charge on any atom is 0.187 e. The minimum absolute atomic E-state index is 0.0858. The molecule has 0 fully saturated rings. The number of hydrazone groups is 1. The molecule has 2 rings (SSSR count). The van der Waals surface area contributed by atoms with E-state index in [1.807, 2.05) is 38.1 Å². The Morgan fingerprint density at radius 1 is 1.38 bits per heavy atom. The van der Waals surface area contributed by atoms with Crippen molar-refractivity contribution in [2.45, 2.75) is 26.4 Å². The van der Waals surface area contributed by atoms with E-state index in [4.69, 9.17) is 40.2 Å². The van der Waals surface area contributed by atoms with Crippen molar-refractivity contribution in [2.75, 3.05) is 13.7 Å². The van der Waals surface area contributed by atoms with Crippen molar-refractivity contribution in [1.82, 2.24) is 20.5 Å². The SMILES string of the molecule is COC[C@@H](C)NC(=S)N/N=C\c1c(C)nn(Cc2ccc(Cl)cc2)c1Cl. The van der Waals surface area contributed by atoms with Crippen molar-refractivity contribution in [3.05, 3.63) is 51.3 Å². The van der Waals surface area contributed by atoms with Gasteiger partial charge in [0.05, 0.1) is 30.6 Å². The summed E-state index contributed by atoms with van der Waals surface area (Å²) in [6.07, 6.45) is 1.61. The summed E-state index contributed by atoms with van der Waals surface area (Å²) in [6, 6.07) is 7.65. The summed E-state index contributed by atoms with van der Waals surface area (Å²) in [5.41, 5.74) is 5.33. The Kier molecular flexibility index (Phi) is 7.84. The van der Waals surface area contributed by atoms with Crippen LogP contribution in [-0.2, 0) is 11.3 Å². The number of nitrogens with one attached hydrogen (secondary N) is 2. The Bertz CT molecular complexity index is 776. The van der Waals surface area contributed by atoms with Gasteiger partial charge < -0.3 is 10.1 Å². The Hall–Kier alpha value is -1.67. The van der Waals surface area contributed by atoms with Crippen LogP contribution >= 0.6 is 35.4 Å². The number of ether oxygens (including phenoxy) is 1. The van der Waals surface area contributed by atoms with Gasteiger partial charge in [0.1, 0.15) is 5.15 Å². The fraction of sp³-hybridized carbons (Fsp3) is 0.353. The lowest BCUT2D eigenvalue weighted by Crippen LogP contribution is -2.40. The van der Waals surface area contributed by atoms with E-state index in [1.165, 1.54) is 0 Å². The van der Waals surface area contributed by atoms with Crippen LogP contribution in [0.1, 0.15) is 23.7 Å². The van der Waals surface area contributed by atoms with Gasteiger partial charge in [0, 0.05) is 18.2 Å². The van der Waals surface area contributed by atoms with Gasteiger partial charge in [-0.15, -0.1) is 0 Å². The van der Waals surface area contributed by atoms with E-state index in [0.29, 0.717) is 28.4 Å². The Morgan fingerprint density at radius 3 is 2.73 bits per heavy atom. The molecule has 0 aliphatic heterocycles. The highest BCUT2D eigenvalue weighted by molar-refractivity contribution is 7.80. The van der Waals surface area contributed by atoms with Crippen LogP contribution in [0.5, 0.6) is 0 Å². The van der Waals surface area contributed by atoms with E-state index in [9.17, 15) is 0 Å². The summed E-state index contributed by atoms with van der Waals surface area (Å²) >= 11 is 17.5. The van der Waals surface area contributed by atoms with E-state index in [0.717, 1.165) is 16.8 Å². The number of benzene rings is 1. The quantitative estimate of drug-likeness (QED) is 0.413. The molecular weight excluding hydrogens is 393 g/mol. The number of thiocarbonyl (C=S) groups is 1. The van der Waals surface area contributed by atoms with Crippen LogP contribution in [0, 0.1) is 6.92 Å². The van der Waals surface area contributed by atoms with Gasteiger partial charge >= 0.3 is 0 Å². The average molecular weight is 414 g/mol. The van der Waals surface area contributed by atoms with E-state index in [-0.39, 0.29) is 6.04 Å². The normalized spacial score (nSPS) is 12.3. The summed E-state index contributed by atoms with van der Waals surface area (Å²) in [7, 11) is 1.64. The first-order chi connectivity index (χ1) is 12.4. The standard InChI is InChI=1S/C17H21Cl2N5OS/c1-11(10-25-3)21-17(26)22-20-8-15-12(2)23-24(16(15)19)9-13-4-6-14(18)7-5-13/h4-8,11H,9-10H2,1-3H3,(H2,21,22,26)/b20-8-/t11-/m1/s1. The molecular formula is C17H21Cl2N5OS. The summed E-state index contributed by atoms with van der Waals surface area (Å²) in [6.45, 7) is 4.94. The summed E-state index contributed by atoms with van der Waals surface area (Å²) < 4.78 is 6.76. The molecule has 0 spiro atoms. The van der Waals surface area contributed by atoms with Gasteiger partial charge in [0.2, 0.25) is 0 Å². The molecule has 26 heavy (non-hydrogen) atoms. The third kappa shape index (κ3) is 5.95. The predicted octanol–water partition coefficient (Wildman–Crippen LogP) is 3.38. The number of rotatable bonds is 7. The Balaban J connectivity index is 2.00. The molecule has 0 amide bonds. The lowest BCUT2D eigenvalue weighted by atomic mass is 10.2. The number of methoxy groups -OCH3 is 1. The summed E-state index contributed by atoms with van der Waals surface area (Å²) in [5.74, 6) is 0. The topological polar surface area (TPSA) is 63.5 Å². The minimum Gasteiger partial charge on any atom is -0.383 e. The van der Waals surface area contributed by atoms with Gasteiger partial charge in [-0.2, -0.15) is 10.2 Å². The summed E-state index contributed by atoms with van der Waals surface area (Å²) in [5, 5.41) is 13.3. The van der Waals surface area contributed by atoms with E-state index < -0.39 is 0 Å². The van der Waals surface area contributed by atoms with Crippen LogP contribution in [0.15, 0.2) is 29.4 Å². The number of aromatic nitrogens is 2. The predicted molar refractivity (Wildman–Crippen MR) is 110 cm³/mol. The Morgan fingerprint density at radius 2 is 2.08 bits per heavy atom. The zero-order valence-corrected chi connectivity index (χ0v) is 17.1. The number of hydrogen-bond donors (Lipinski definition) is 2. The molecule has 0 aliphatic rings. The second-order valence-electron chi connectivity index (χ2n) is 5.77. The van der Waals surface area contributed by atoms with Crippen LogP contribution in [0.2, 0.25) is 10.2 Å². The molecule has 0 saturated carbocycles. The second kappa shape index (κ2) is 9.87. The molecule has 1 atom stereocenters. The van der Waals surface area contributed by atoms with E-state index >= 15 is 0 Å². The zero-order valence-electron chi connectivity index (χ0n) is 14.8. The van der Waals surface area contributed by atoms with Crippen LogP contribution < -0.4 is 10.7 Å². The van der Waals surface area contributed by atoms with Crippen molar-refractivity contribution in [3.8, 4) is 0 Å². The smallest absolute Gasteiger partial charge is 0.187 e. The third-order valence-electron chi connectivity index (χ3n) is 3.51. The maximum atomic E-state index is 6.44. The zero-order chi connectivity index (χ0) is 19.1. The molecule has 2 N–H and O–H groups in total. The second-order valence-corrected chi connectivity index (χ2v) is 6.98. The number of nitrogens with zero attached hydrogens (tertiary/aromatic N) is 3. The van der Waals surface area contributed by atoms with Crippen LogP contribution in [0.4, 0.5) is 0 Å². The van der Waals surface area contributed by atoms with Gasteiger partial charge in [-0.3, -0.25) is 5.43 Å². The highest BCUT2D eigenvalue weighted by Crippen LogP contribution is 2.19. The molecule has 0 radical (unpaired) electrons. The van der Waals surface area contributed by atoms with E-state index in [1.54, 1.807) is 18.0 Å². The first kappa shape index (κ1) is 20.6. The van der Waals surface area contributed by atoms with Gasteiger partial charge in [-0.1, -0.05) is 35.3 Å². The maximum absolute atomic E-state index is 6.44. The molecule has 6 nitrogen and oxygen atoms in total. The minimum atomic E-state index is 0.0858. The number of halogens is 2. The largest absolute Gasteiger partial charge is 0.383 e. The highest BCUT2D eigenvalue weighted by atomic mass is 35.5. The molecule has 0 unspecified atom stereocenters. The lowest BCUT2D eigenvalue weighted by Gasteiger charge is -2.13. The molecule has 0 saturated heterocycles. The van der Waals surface area contributed by atoms with E-state index in [2.05, 4.69) is 20.9 Å². The van der Waals surface area contributed by atoms with Gasteiger partial charge in [-0.05, 0) is 43.8 Å². The third-order valence-corrected chi connectivity index (χ3v) is 4.37. The lowest BCUT2D eigenvalue weighted by molar-refractivity contribution is 0.179. The molecule has 140 valence electrons. The van der Waals surface area contributed by atoms with Crippen molar-refractivity contribution >= 4 is 46.7 Å². The fourth-order valence-electron chi connectivity index (χ4n) is 2.28. The molecule has 1 aromatic carbocycles. The average Bonchev–Trinajstić information content (AvgIpc) is 2.84. The highest BCUT2D eigenvalue weighted by Gasteiger charge is 2.12. The Labute approximate surface area is 168 Å². The molecule has 0 aliphatic carbocycles. The van der Waals surface area contributed by atoms with Crippen molar-refractivity contribution in [1.29, 1.82) is 0 Å². The van der Waals surface area contributed by atoms with Crippen molar-refractivity contribution < 1.29 is 4.74 Å². The fourth-order valence-corrected chi connectivity index (χ4v) is 2.95. The first-order valence-corrected chi connectivity index (χ1v) is 9.13. The van der Waals surface area contributed by atoms with Crippen LogP contribution in [0.25, 0.3) is 0 Å². The number of hydrogen-bond acceptors (Lipinski definition) is 4. The molecule has 2 aromatic rings. The molecule has 0 bridgehead atoms. The summed E-state index contributed by atoms with van der Waals surface area (Å²) in [4.78, 5) is 0. The first-order valence-electron chi connectivity index (χ1n) is 7.96. The van der Waals surface area contributed by atoms with Crippen LogP contribution in [0.3, 0.4) is 0 Å². The van der Waals surface area contributed by atoms with Gasteiger partial charge in [-0.25, -0.2) is 4.68 Å². The van der Waals surface area contributed by atoms with Crippen molar-refractivity contribution in [2.24, 2.45) is 5.10 Å². The van der Waals surface area contributed by atoms with Gasteiger partial charge in [0.15, 0.2) is 5.11 Å². The molecule has 1 aromatic heterocycles. The molecule has 9 heteroatoms.